The Morgan fingerprint density at radius 3 is 1.93 bits per heavy atom. The van der Waals surface area contributed by atoms with E-state index < -0.39 is 0 Å². The summed E-state index contributed by atoms with van der Waals surface area (Å²) in [5.41, 5.74) is 10.6. The van der Waals surface area contributed by atoms with Crippen LogP contribution in [0, 0.1) is 19.3 Å². The van der Waals surface area contributed by atoms with Gasteiger partial charge >= 0.3 is 0 Å². The lowest BCUT2D eigenvalue weighted by Gasteiger charge is -2.10. The minimum absolute atomic E-state index is 0.289. The van der Waals surface area contributed by atoms with Gasteiger partial charge in [0.05, 0.1) is 0 Å². The number of hydrogen-bond donors (Lipinski definition) is 1. The molecular formula is C13H19N. The lowest BCUT2D eigenvalue weighted by atomic mass is 9.95. The second-order valence-corrected chi connectivity index (χ2v) is 5.13. The maximum Gasteiger partial charge on any atom is 0.0172 e. The van der Waals surface area contributed by atoms with Gasteiger partial charge in [-0.3, -0.25) is 0 Å². The highest BCUT2D eigenvalue weighted by Gasteiger charge is 2.56. The van der Waals surface area contributed by atoms with E-state index in [-0.39, 0.29) is 5.41 Å². The third kappa shape index (κ3) is 1.19. The van der Waals surface area contributed by atoms with Gasteiger partial charge in [0.1, 0.15) is 0 Å². The Kier molecular flexibility index (Phi) is 1.97. The molecule has 2 rings (SSSR count). The van der Waals surface area contributed by atoms with E-state index in [0.717, 1.165) is 0 Å². The molecule has 0 bridgehead atoms. The average Bonchev–Trinajstić information content (AvgIpc) is 2.54. The van der Waals surface area contributed by atoms with Gasteiger partial charge < -0.3 is 5.73 Å². The molecule has 0 amide bonds. The molecular weight excluding hydrogens is 170 g/mol. The lowest BCUT2D eigenvalue weighted by Crippen LogP contribution is -2.06. The van der Waals surface area contributed by atoms with Crippen molar-refractivity contribution in [2.75, 3.05) is 0 Å². The molecule has 1 nitrogen and oxygen atoms in total. The van der Waals surface area contributed by atoms with Gasteiger partial charge in [0, 0.05) is 12.0 Å². The molecule has 0 spiro atoms. The molecule has 1 aliphatic carbocycles. The smallest absolute Gasteiger partial charge is 0.0172 e. The van der Waals surface area contributed by atoms with Crippen LogP contribution in [0.25, 0.3) is 0 Å². The first-order valence-corrected chi connectivity index (χ1v) is 5.28. The van der Waals surface area contributed by atoms with Crippen LogP contribution in [0.15, 0.2) is 18.2 Å². The van der Waals surface area contributed by atoms with Crippen LogP contribution in [0.1, 0.15) is 36.5 Å². The summed E-state index contributed by atoms with van der Waals surface area (Å²) in [7, 11) is 0. The molecule has 1 fully saturated rings. The third-order valence-corrected chi connectivity index (χ3v) is 3.76. The maximum atomic E-state index is 6.11. The number of benzene rings is 1. The van der Waals surface area contributed by atoms with Crippen molar-refractivity contribution in [3.63, 3.8) is 0 Å². The Morgan fingerprint density at radius 2 is 1.57 bits per heavy atom. The summed E-state index contributed by atoms with van der Waals surface area (Å²) >= 11 is 0. The van der Waals surface area contributed by atoms with Crippen LogP contribution in [0.5, 0.6) is 0 Å². The van der Waals surface area contributed by atoms with E-state index in [9.17, 15) is 0 Å². The number of aryl methyl sites for hydroxylation is 2. The fourth-order valence-electron chi connectivity index (χ4n) is 2.55. The topological polar surface area (TPSA) is 26.0 Å². The van der Waals surface area contributed by atoms with Crippen molar-refractivity contribution in [2.24, 2.45) is 11.1 Å². The molecule has 2 atom stereocenters. The highest BCUT2D eigenvalue weighted by atomic mass is 14.8. The van der Waals surface area contributed by atoms with E-state index in [1.807, 2.05) is 0 Å². The zero-order valence-electron chi connectivity index (χ0n) is 9.46. The van der Waals surface area contributed by atoms with E-state index in [0.29, 0.717) is 12.0 Å². The molecule has 2 N–H and O–H groups in total. The summed E-state index contributed by atoms with van der Waals surface area (Å²) < 4.78 is 0. The first kappa shape index (κ1) is 9.72. The van der Waals surface area contributed by atoms with Gasteiger partial charge in [0.15, 0.2) is 0 Å². The summed E-state index contributed by atoms with van der Waals surface area (Å²) in [4.78, 5) is 0. The maximum absolute atomic E-state index is 6.11. The van der Waals surface area contributed by atoms with E-state index in [2.05, 4.69) is 45.9 Å². The molecule has 14 heavy (non-hydrogen) atoms. The molecule has 1 aromatic rings. The summed E-state index contributed by atoms with van der Waals surface area (Å²) in [6.45, 7) is 8.88. The molecule has 0 radical (unpaired) electrons. The first-order valence-electron chi connectivity index (χ1n) is 5.28. The Hall–Kier alpha value is -0.820. The van der Waals surface area contributed by atoms with Crippen molar-refractivity contribution >= 4 is 0 Å². The number of rotatable bonds is 1. The third-order valence-electron chi connectivity index (χ3n) is 3.76. The van der Waals surface area contributed by atoms with Crippen LogP contribution in [-0.4, -0.2) is 6.04 Å². The Morgan fingerprint density at radius 1 is 1.14 bits per heavy atom. The van der Waals surface area contributed by atoms with Gasteiger partial charge in [0.25, 0.3) is 0 Å². The summed E-state index contributed by atoms with van der Waals surface area (Å²) in [5.74, 6) is 0.559. The molecule has 1 saturated carbocycles. The van der Waals surface area contributed by atoms with Crippen LogP contribution in [-0.2, 0) is 0 Å². The van der Waals surface area contributed by atoms with Crippen molar-refractivity contribution in [2.45, 2.75) is 39.7 Å². The first-order chi connectivity index (χ1) is 6.46. The Balaban J connectivity index is 2.44. The van der Waals surface area contributed by atoms with Gasteiger partial charge in [-0.05, 0) is 36.0 Å². The summed E-state index contributed by atoms with van der Waals surface area (Å²) in [6.07, 6.45) is 0. The normalized spacial score (nSPS) is 28.9. The van der Waals surface area contributed by atoms with Gasteiger partial charge in [-0.15, -0.1) is 0 Å². The zero-order chi connectivity index (χ0) is 10.5. The SMILES string of the molecule is Cc1cccc(C)c1[C@H]1[C@H](N)C1(C)C. The predicted octanol–water partition coefficient (Wildman–Crippen LogP) is 2.75. The largest absolute Gasteiger partial charge is 0.327 e. The fourth-order valence-corrected chi connectivity index (χ4v) is 2.55. The summed E-state index contributed by atoms with van der Waals surface area (Å²) in [6, 6.07) is 6.82. The highest BCUT2D eigenvalue weighted by Crippen LogP contribution is 2.58. The lowest BCUT2D eigenvalue weighted by molar-refractivity contribution is 0.598. The predicted molar refractivity (Wildman–Crippen MR) is 60.4 cm³/mol. The van der Waals surface area contributed by atoms with Crippen LogP contribution in [0.4, 0.5) is 0 Å². The summed E-state index contributed by atoms with van der Waals surface area (Å²) in [5, 5.41) is 0. The average molecular weight is 189 g/mol. The number of hydrogen-bond acceptors (Lipinski definition) is 1. The second-order valence-electron chi connectivity index (χ2n) is 5.13. The minimum atomic E-state index is 0.289. The van der Waals surface area contributed by atoms with Crippen LogP contribution in [0.3, 0.4) is 0 Å². The Labute approximate surface area is 86.3 Å². The van der Waals surface area contributed by atoms with Crippen molar-refractivity contribution in [3.8, 4) is 0 Å². The molecule has 76 valence electrons. The fraction of sp³-hybridized carbons (Fsp3) is 0.538. The van der Waals surface area contributed by atoms with Crippen molar-refractivity contribution in [3.05, 3.63) is 34.9 Å². The quantitative estimate of drug-likeness (QED) is 0.722. The Bertz CT molecular complexity index is 345. The molecule has 1 heteroatoms. The molecule has 1 aliphatic rings. The molecule has 0 aromatic heterocycles. The van der Waals surface area contributed by atoms with Gasteiger partial charge in [-0.1, -0.05) is 32.0 Å². The van der Waals surface area contributed by atoms with Crippen LogP contribution in [0.2, 0.25) is 0 Å². The van der Waals surface area contributed by atoms with Gasteiger partial charge in [0.2, 0.25) is 0 Å². The zero-order valence-corrected chi connectivity index (χ0v) is 9.46. The van der Waals surface area contributed by atoms with Crippen molar-refractivity contribution in [1.29, 1.82) is 0 Å². The molecule has 0 heterocycles. The van der Waals surface area contributed by atoms with Crippen LogP contribution >= 0.6 is 0 Å². The highest BCUT2D eigenvalue weighted by molar-refractivity contribution is 5.44. The van der Waals surface area contributed by atoms with E-state index >= 15 is 0 Å². The second kappa shape index (κ2) is 2.83. The van der Waals surface area contributed by atoms with E-state index in [1.54, 1.807) is 0 Å². The molecule has 0 aliphatic heterocycles. The van der Waals surface area contributed by atoms with Crippen LogP contribution < -0.4 is 5.73 Å². The minimum Gasteiger partial charge on any atom is -0.327 e. The molecule has 0 saturated heterocycles. The molecule has 1 aromatic carbocycles. The van der Waals surface area contributed by atoms with E-state index in [4.69, 9.17) is 5.73 Å². The monoisotopic (exact) mass is 189 g/mol. The number of nitrogens with two attached hydrogens (primary N) is 1. The van der Waals surface area contributed by atoms with Gasteiger partial charge in [-0.25, -0.2) is 0 Å². The van der Waals surface area contributed by atoms with Crippen molar-refractivity contribution in [1.82, 2.24) is 0 Å². The molecule has 0 unspecified atom stereocenters. The van der Waals surface area contributed by atoms with E-state index in [1.165, 1.54) is 16.7 Å². The van der Waals surface area contributed by atoms with Crippen molar-refractivity contribution < 1.29 is 0 Å². The van der Waals surface area contributed by atoms with Gasteiger partial charge in [-0.2, -0.15) is 0 Å². The standard InChI is InChI=1S/C13H19N/c1-8-6-5-7-9(2)10(8)11-12(14)13(11,3)4/h5-7,11-12H,14H2,1-4H3/t11-,12-/m0/s1.